The molecular formula is C13H17N3O2S. The molecule has 2 aromatic rings. The highest BCUT2D eigenvalue weighted by Gasteiger charge is 2.22. The third-order valence-corrected chi connectivity index (χ3v) is 4.75. The molecule has 1 N–H and O–H groups in total. The zero-order valence-electron chi connectivity index (χ0n) is 11.2. The second-order valence-corrected chi connectivity index (χ2v) is 6.15. The number of aryl methyl sites for hydroxylation is 1. The molecule has 19 heavy (non-hydrogen) atoms. The molecule has 5 nitrogen and oxygen atoms in total. The lowest BCUT2D eigenvalue weighted by atomic mass is 10.1. The Balaban J connectivity index is 2.25. The van der Waals surface area contributed by atoms with Gasteiger partial charge in [-0.05, 0) is 19.4 Å². The highest BCUT2D eigenvalue weighted by Crippen LogP contribution is 2.18. The van der Waals surface area contributed by atoms with Crippen LogP contribution < -0.4 is 4.72 Å². The maximum absolute atomic E-state index is 12.3. The first kappa shape index (κ1) is 13.8. The molecule has 0 bridgehead atoms. The number of hydrogen-bond donors (Lipinski definition) is 1. The van der Waals surface area contributed by atoms with Gasteiger partial charge in [-0.15, -0.1) is 0 Å². The first-order valence-electron chi connectivity index (χ1n) is 5.97. The average molecular weight is 279 g/mol. The van der Waals surface area contributed by atoms with Crippen LogP contribution in [0.15, 0.2) is 41.4 Å². The summed E-state index contributed by atoms with van der Waals surface area (Å²) in [4.78, 5) is 0.220. The predicted octanol–water partition coefficient (Wildman–Crippen LogP) is 1.77. The van der Waals surface area contributed by atoms with Crippen molar-refractivity contribution in [2.75, 3.05) is 0 Å². The van der Waals surface area contributed by atoms with Gasteiger partial charge in [-0.25, -0.2) is 13.1 Å². The Morgan fingerprint density at radius 3 is 2.42 bits per heavy atom. The van der Waals surface area contributed by atoms with Crippen LogP contribution in [0.1, 0.15) is 24.2 Å². The van der Waals surface area contributed by atoms with Gasteiger partial charge in [0.1, 0.15) is 4.90 Å². The summed E-state index contributed by atoms with van der Waals surface area (Å²) >= 11 is 0. The van der Waals surface area contributed by atoms with Crippen molar-refractivity contribution in [3.63, 3.8) is 0 Å². The number of sulfonamides is 1. The lowest BCUT2D eigenvalue weighted by Crippen LogP contribution is -2.27. The van der Waals surface area contributed by atoms with Crippen LogP contribution in [-0.2, 0) is 17.1 Å². The van der Waals surface area contributed by atoms with Crippen molar-refractivity contribution in [3.05, 3.63) is 47.8 Å². The van der Waals surface area contributed by atoms with Gasteiger partial charge in [-0.2, -0.15) is 5.10 Å². The predicted molar refractivity (Wildman–Crippen MR) is 73.1 cm³/mol. The molecule has 0 saturated carbocycles. The van der Waals surface area contributed by atoms with Crippen LogP contribution in [0.3, 0.4) is 0 Å². The minimum absolute atomic E-state index is 0.220. The van der Waals surface area contributed by atoms with E-state index < -0.39 is 10.0 Å². The first-order chi connectivity index (χ1) is 8.92. The van der Waals surface area contributed by atoms with E-state index >= 15 is 0 Å². The summed E-state index contributed by atoms with van der Waals surface area (Å²) in [5, 5.41) is 3.96. The quantitative estimate of drug-likeness (QED) is 0.927. The molecule has 2 rings (SSSR count). The lowest BCUT2D eigenvalue weighted by Gasteiger charge is -2.14. The third kappa shape index (κ3) is 2.85. The van der Waals surface area contributed by atoms with Gasteiger partial charge in [0.05, 0.1) is 11.9 Å². The van der Waals surface area contributed by atoms with Crippen LogP contribution in [0, 0.1) is 6.92 Å². The van der Waals surface area contributed by atoms with Gasteiger partial charge in [0, 0.05) is 13.1 Å². The fourth-order valence-corrected chi connectivity index (χ4v) is 3.28. The molecule has 0 aliphatic carbocycles. The van der Waals surface area contributed by atoms with Crippen molar-refractivity contribution in [1.82, 2.24) is 14.5 Å². The molecule has 0 unspecified atom stereocenters. The normalized spacial score (nSPS) is 13.4. The summed E-state index contributed by atoms with van der Waals surface area (Å²) in [5.74, 6) is 0. The minimum Gasteiger partial charge on any atom is -0.272 e. The number of nitrogens with one attached hydrogen (secondary N) is 1. The molecule has 102 valence electrons. The molecule has 1 atom stereocenters. The zero-order chi connectivity index (χ0) is 14.0. The Labute approximate surface area is 113 Å². The summed E-state index contributed by atoms with van der Waals surface area (Å²) in [6, 6.07) is 9.17. The topological polar surface area (TPSA) is 64.0 Å². The second-order valence-electron chi connectivity index (χ2n) is 4.47. The summed E-state index contributed by atoms with van der Waals surface area (Å²) < 4.78 is 28.8. The van der Waals surface area contributed by atoms with Crippen molar-refractivity contribution < 1.29 is 8.42 Å². The molecule has 0 radical (unpaired) electrons. The Hall–Kier alpha value is -1.66. The molecule has 0 spiro atoms. The van der Waals surface area contributed by atoms with Crippen molar-refractivity contribution in [1.29, 1.82) is 0 Å². The van der Waals surface area contributed by atoms with E-state index in [9.17, 15) is 8.42 Å². The molecule has 1 heterocycles. The van der Waals surface area contributed by atoms with E-state index in [1.165, 1.54) is 6.20 Å². The zero-order valence-corrected chi connectivity index (χ0v) is 12.0. The van der Waals surface area contributed by atoms with Crippen molar-refractivity contribution in [2.45, 2.75) is 24.8 Å². The molecule has 0 aliphatic heterocycles. The molecule has 0 saturated heterocycles. The number of rotatable bonds is 4. The molecule has 6 heteroatoms. The Morgan fingerprint density at radius 1 is 1.26 bits per heavy atom. The molecule has 0 fully saturated rings. The van der Waals surface area contributed by atoms with E-state index in [4.69, 9.17) is 0 Å². The fraction of sp³-hybridized carbons (Fsp3) is 0.308. The van der Waals surface area contributed by atoms with Crippen LogP contribution in [0.5, 0.6) is 0 Å². The highest BCUT2D eigenvalue weighted by atomic mass is 32.2. The number of aromatic nitrogens is 2. The van der Waals surface area contributed by atoms with E-state index in [-0.39, 0.29) is 10.9 Å². The third-order valence-electron chi connectivity index (χ3n) is 3.11. The SMILES string of the molecule is Cc1c(S(=O)(=O)N[C@H](C)c2ccccc2)cnn1C. The van der Waals surface area contributed by atoms with Crippen LogP contribution in [0.25, 0.3) is 0 Å². The monoisotopic (exact) mass is 279 g/mol. The van der Waals surface area contributed by atoms with Gasteiger partial charge in [-0.3, -0.25) is 4.68 Å². The Bertz CT molecular complexity index is 662. The molecule has 1 aromatic carbocycles. The van der Waals surface area contributed by atoms with Crippen molar-refractivity contribution in [3.8, 4) is 0 Å². The smallest absolute Gasteiger partial charge is 0.244 e. The second kappa shape index (κ2) is 5.14. The van der Waals surface area contributed by atoms with Gasteiger partial charge in [0.2, 0.25) is 10.0 Å². The number of nitrogens with zero attached hydrogens (tertiary/aromatic N) is 2. The van der Waals surface area contributed by atoms with Crippen LogP contribution >= 0.6 is 0 Å². The van der Waals surface area contributed by atoms with Crippen LogP contribution in [-0.4, -0.2) is 18.2 Å². The molecule has 0 aliphatic rings. The Morgan fingerprint density at radius 2 is 1.89 bits per heavy atom. The van der Waals surface area contributed by atoms with Crippen LogP contribution in [0.4, 0.5) is 0 Å². The Kier molecular flexibility index (Phi) is 3.73. The van der Waals surface area contributed by atoms with E-state index in [0.29, 0.717) is 5.69 Å². The average Bonchev–Trinajstić information content (AvgIpc) is 2.71. The van der Waals surface area contributed by atoms with E-state index in [1.807, 2.05) is 37.3 Å². The molecular weight excluding hydrogens is 262 g/mol. The van der Waals surface area contributed by atoms with Gasteiger partial charge in [0.15, 0.2) is 0 Å². The van der Waals surface area contributed by atoms with Gasteiger partial charge < -0.3 is 0 Å². The number of hydrogen-bond acceptors (Lipinski definition) is 3. The minimum atomic E-state index is -3.55. The fourth-order valence-electron chi connectivity index (χ4n) is 1.85. The summed E-state index contributed by atoms with van der Waals surface area (Å²) in [7, 11) is -1.83. The van der Waals surface area contributed by atoms with Gasteiger partial charge >= 0.3 is 0 Å². The summed E-state index contributed by atoms with van der Waals surface area (Å²) in [6.07, 6.45) is 1.37. The van der Waals surface area contributed by atoms with Crippen molar-refractivity contribution in [2.24, 2.45) is 7.05 Å². The first-order valence-corrected chi connectivity index (χ1v) is 7.46. The summed E-state index contributed by atoms with van der Waals surface area (Å²) in [5.41, 5.74) is 1.54. The standard InChI is InChI=1S/C13H17N3O2S/c1-10(12-7-5-4-6-8-12)15-19(17,18)13-9-14-16(3)11(13)2/h4-10,15H,1-3H3/t10-/m1/s1. The maximum Gasteiger partial charge on any atom is 0.244 e. The largest absolute Gasteiger partial charge is 0.272 e. The highest BCUT2D eigenvalue weighted by molar-refractivity contribution is 7.89. The van der Waals surface area contributed by atoms with Gasteiger partial charge in [0.25, 0.3) is 0 Å². The molecule has 1 aromatic heterocycles. The maximum atomic E-state index is 12.3. The van der Waals surface area contributed by atoms with E-state index in [0.717, 1.165) is 5.56 Å². The van der Waals surface area contributed by atoms with Gasteiger partial charge in [-0.1, -0.05) is 30.3 Å². The lowest BCUT2D eigenvalue weighted by molar-refractivity contribution is 0.566. The molecule has 0 amide bonds. The van der Waals surface area contributed by atoms with E-state index in [2.05, 4.69) is 9.82 Å². The summed E-state index contributed by atoms with van der Waals surface area (Å²) in [6.45, 7) is 3.55. The van der Waals surface area contributed by atoms with Crippen molar-refractivity contribution >= 4 is 10.0 Å². The van der Waals surface area contributed by atoms with Crippen LogP contribution in [0.2, 0.25) is 0 Å². The van der Waals surface area contributed by atoms with E-state index in [1.54, 1.807) is 18.7 Å². The number of benzene rings is 1.